The van der Waals surface area contributed by atoms with E-state index in [9.17, 15) is 4.79 Å². The van der Waals surface area contributed by atoms with Crippen molar-refractivity contribution in [2.45, 2.75) is 32.6 Å². The molecule has 0 radical (unpaired) electrons. The summed E-state index contributed by atoms with van der Waals surface area (Å²) in [5, 5.41) is 0. The van der Waals surface area contributed by atoms with Gasteiger partial charge in [-0.15, -0.1) is 0 Å². The fourth-order valence-corrected chi connectivity index (χ4v) is 3.39. The number of ether oxygens (including phenoxy) is 1. The monoisotopic (exact) mass is 379 g/mol. The summed E-state index contributed by atoms with van der Waals surface area (Å²) >= 11 is 0. The molecule has 144 valence electrons. The van der Waals surface area contributed by atoms with Crippen molar-refractivity contribution in [3.05, 3.63) is 60.0 Å². The van der Waals surface area contributed by atoms with Crippen LogP contribution in [-0.2, 0) is 0 Å². The van der Waals surface area contributed by atoms with Crippen LogP contribution in [0.25, 0.3) is 0 Å². The number of likely N-dealkylation sites (tertiary alicyclic amines) is 1. The first-order chi connectivity index (χ1) is 13.6. The van der Waals surface area contributed by atoms with Gasteiger partial charge in [-0.2, -0.15) is 0 Å². The van der Waals surface area contributed by atoms with Gasteiger partial charge in [0.25, 0.3) is 5.91 Å². The molecule has 1 aliphatic rings. The first kappa shape index (κ1) is 18.1. The number of hydrogen-bond donors (Lipinski definition) is 0. The van der Waals surface area contributed by atoms with Crippen molar-refractivity contribution in [3.8, 4) is 11.6 Å². The Bertz CT molecular complexity index is 965. The molecule has 0 spiro atoms. The number of nitrogens with zero attached hydrogens (tertiary/aromatic N) is 5. The highest BCUT2D eigenvalue weighted by Crippen LogP contribution is 2.29. The maximum Gasteiger partial charge on any atom is 0.291 e. The number of amides is 1. The van der Waals surface area contributed by atoms with Crippen LogP contribution in [0.2, 0.25) is 0 Å². The number of rotatable bonds is 4. The molecular weight excluding hydrogens is 358 g/mol. The average molecular weight is 379 g/mol. The van der Waals surface area contributed by atoms with Crippen LogP contribution in [0, 0.1) is 13.8 Å². The fraction of sp³-hybridized carbons (Fsp3) is 0.350. The third-order valence-electron chi connectivity index (χ3n) is 4.79. The van der Waals surface area contributed by atoms with Crippen LogP contribution >= 0.6 is 0 Å². The van der Waals surface area contributed by atoms with Crippen LogP contribution in [0.5, 0.6) is 11.6 Å². The molecule has 1 aliphatic heterocycles. The topological polar surface area (TPSA) is 94.2 Å². The van der Waals surface area contributed by atoms with E-state index in [1.54, 1.807) is 44.7 Å². The summed E-state index contributed by atoms with van der Waals surface area (Å²) in [5.74, 6) is 2.03. The van der Waals surface area contributed by atoms with Crippen molar-refractivity contribution in [1.82, 2.24) is 24.8 Å². The molecule has 0 aliphatic carbocycles. The second kappa shape index (κ2) is 7.75. The molecule has 8 heteroatoms. The minimum absolute atomic E-state index is 0.101. The largest absolute Gasteiger partial charge is 0.436 e. The lowest BCUT2D eigenvalue weighted by Gasteiger charge is -2.31. The number of pyridine rings is 1. The lowest BCUT2D eigenvalue weighted by Crippen LogP contribution is -2.38. The maximum absolute atomic E-state index is 12.7. The first-order valence-electron chi connectivity index (χ1n) is 9.23. The lowest BCUT2D eigenvalue weighted by atomic mass is 9.93. The van der Waals surface area contributed by atoms with Crippen LogP contribution in [0.15, 0.2) is 41.3 Å². The number of carbonyl (C=O) groups excluding carboxylic acids is 1. The van der Waals surface area contributed by atoms with Crippen LogP contribution in [0.3, 0.4) is 0 Å². The third kappa shape index (κ3) is 3.85. The Balaban J connectivity index is 1.40. The molecule has 0 aromatic carbocycles. The van der Waals surface area contributed by atoms with E-state index < -0.39 is 0 Å². The molecule has 0 unspecified atom stereocenters. The van der Waals surface area contributed by atoms with Gasteiger partial charge in [-0.05, 0) is 31.9 Å². The smallest absolute Gasteiger partial charge is 0.291 e. The van der Waals surface area contributed by atoms with E-state index in [-0.39, 0.29) is 11.8 Å². The van der Waals surface area contributed by atoms with Gasteiger partial charge in [0.2, 0.25) is 11.6 Å². The SMILES string of the molecule is Cc1nc(C)c(C(=O)N2CCC(c3cncc(Oc4cccnc4)n3)CC2)o1. The predicted octanol–water partition coefficient (Wildman–Crippen LogP) is 3.29. The Labute approximate surface area is 162 Å². The fourth-order valence-electron chi connectivity index (χ4n) is 3.39. The van der Waals surface area contributed by atoms with Gasteiger partial charge in [-0.1, -0.05) is 0 Å². The van der Waals surface area contributed by atoms with E-state index >= 15 is 0 Å². The molecule has 1 amide bonds. The molecule has 4 heterocycles. The average Bonchev–Trinajstić information content (AvgIpc) is 3.06. The molecule has 0 N–H and O–H groups in total. The van der Waals surface area contributed by atoms with Gasteiger partial charge in [0.05, 0.1) is 23.8 Å². The summed E-state index contributed by atoms with van der Waals surface area (Å²) in [7, 11) is 0. The molecule has 3 aromatic heterocycles. The number of aromatic nitrogens is 4. The van der Waals surface area contributed by atoms with Gasteiger partial charge in [0.15, 0.2) is 5.89 Å². The van der Waals surface area contributed by atoms with Crippen molar-refractivity contribution in [2.75, 3.05) is 13.1 Å². The van der Waals surface area contributed by atoms with Crippen LogP contribution in [0.4, 0.5) is 0 Å². The van der Waals surface area contributed by atoms with E-state index in [0.29, 0.717) is 42.1 Å². The minimum Gasteiger partial charge on any atom is -0.436 e. The molecular formula is C20H21N5O3. The highest BCUT2D eigenvalue weighted by atomic mass is 16.5. The number of carbonyl (C=O) groups is 1. The summed E-state index contributed by atoms with van der Waals surface area (Å²) < 4.78 is 11.2. The molecule has 3 aromatic rings. The molecule has 0 bridgehead atoms. The molecule has 28 heavy (non-hydrogen) atoms. The standard InChI is InChI=1S/C20H21N5O3/c1-13-19(27-14(2)23-13)20(26)25-8-5-15(6-9-25)17-11-22-12-18(24-17)28-16-4-3-7-21-10-16/h3-4,7,10-12,15H,5-6,8-9H2,1-2H3. The van der Waals surface area contributed by atoms with E-state index in [4.69, 9.17) is 9.15 Å². The van der Waals surface area contributed by atoms with Gasteiger partial charge < -0.3 is 14.1 Å². The van der Waals surface area contributed by atoms with Gasteiger partial charge in [-0.3, -0.25) is 14.8 Å². The van der Waals surface area contributed by atoms with Crippen molar-refractivity contribution in [1.29, 1.82) is 0 Å². The summed E-state index contributed by atoms with van der Waals surface area (Å²) in [5.41, 5.74) is 1.51. The van der Waals surface area contributed by atoms with Crippen LogP contribution < -0.4 is 4.74 Å². The molecule has 0 atom stereocenters. The number of oxazole rings is 1. The summed E-state index contributed by atoms with van der Waals surface area (Å²) in [6.07, 6.45) is 8.29. The summed E-state index contributed by atoms with van der Waals surface area (Å²) in [6.45, 7) is 4.81. The quantitative estimate of drug-likeness (QED) is 0.686. The lowest BCUT2D eigenvalue weighted by molar-refractivity contribution is 0.0677. The molecule has 0 saturated carbocycles. The van der Waals surface area contributed by atoms with Crippen LogP contribution in [0.1, 0.15) is 46.6 Å². The second-order valence-corrected chi connectivity index (χ2v) is 6.79. The van der Waals surface area contributed by atoms with Crippen molar-refractivity contribution in [2.24, 2.45) is 0 Å². The second-order valence-electron chi connectivity index (χ2n) is 6.79. The normalized spacial score (nSPS) is 14.9. The van der Waals surface area contributed by atoms with E-state index in [1.165, 1.54) is 0 Å². The molecule has 1 fully saturated rings. The Hall–Kier alpha value is -3.29. The van der Waals surface area contributed by atoms with Crippen LogP contribution in [-0.4, -0.2) is 43.8 Å². The zero-order chi connectivity index (χ0) is 19.5. The number of aryl methyl sites for hydroxylation is 2. The molecule has 4 rings (SSSR count). The van der Waals surface area contributed by atoms with E-state index in [2.05, 4.69) is 19.9 Å². The van der Waals surface area contributed by atoms with Gasteiger partial charge in [-0.25, -0.2) is 9.97 Å². The first-order valence-corrected chi connectivity index (χ1v) is 9.23. The zero-order valence-corrected chi connectivity index (χ0v) is 15.8. The number of hydrogen-bond acceptors (Lipinski definition) is 7. The van der Waals surface area contributed by atoms with Crippen molar-refractivity contribution < 1.29 is 13.9 Å². The highest BCUT2D eigenvalue weighted by molar-refractivity contribution is 5.92. The van der Waals surface area contributed by atoms with E-state index in [1.807, 2.05) is 11.0 Å². The molecule has 8 nitrogen and oxygen atoms in total. The zero-order valence-electron chi connectivity index (χ0n) is 15.8. The minimum atomic E-state index is -0.101. The van der Waals surface area contributed by atoms with Crippen molar-refractivity contribution >= 4 is 5.91 Å². The predicted molar refractivity (Wildman–Crippen MR) is 100 cm³/mol. The number of piperidine rings is 1. The Morgan fingerprint density at radius 3 is 2.64 bits per heavy atom. The highest BCUT2D eigenvalue weighted by Gasteiger charge is 2.28. The maximum atomic E-state index is 12.7. The Morgan fingerprint density at radius 2 is 1.96 bits per heavy atom. The summed E-state index contributed by atoms with van der Waals surface area (Å²) in [4.78, 5) is 31.5. The molecule has 1 saturated heterocycles. The van der Waals surface area contributed by atoms with E-state index in [0.717, 1.165) is 18.5 Å². The van der Waals surface area contributed by atoms with Gasteiger partial charge >= 0.3 is 0 Å². The van der Waals surface area contributed by atoms with Gasteiger partial charge in [0.1, 0.15) is 5.75 Å². The third-order valence-corrected chi connectivity index (χ3v) is 4.79. The summed E-state index contributed by atoms with van der Waals surface area (Å²) in [6, 6.07) is 3.62. The Kier molecular flexibility index (Phi) is 5.01. The van der Waals surface area contributed by atoms with Crippen molar-refractivity contribution in [3.63, 3.8) is 0 Å². The van der Waals surface area contributed by atoms with Gasteiger partial charge in [0, 0.05) is 38.3 Å². The Morgan fingerprint density at radius 1 is 1.14 bits per heavy atom.